The summed E-state index contributed by atoms with van der Waals surface area (Å²) in [5, 5.41) is 190. The van der Waals surface area contributed by atoms with Crippen molar-refractivity contribution in [2.75, 3.05) is 39.6 Å². The maximum Gasteiger partial charge on any atom is 0.217 e. The lowest BCUT2D eigenvalue weighted by Gasteiger charge is -2.50. The zero-order chi connectivity index (χ0) is 56.2. The summed E-state index contributed by atoms with van der Waals surface area (Å²) in [6.07, 6.45) is -51.6. The smallest absolute Gasteiger partial charge is 0.217 e. The number of hydrogen-bond donors (Lipinski definition) is 20. The number of nitrogens with one attached hydrogen (secondary N) is 3. The van der Waals surface area contributed by atoms with Crippen LogP contribution in [0.3, 0.4) is 0 Å². The Morgan fingerprint density at radius 2 is 0.711 bits per heavy atom. The summed E-state index contributed by atoms with van der Waals surface area (Å²) in [5.41, 5.74) is 0. The van der Waals surface area contributed by atoms with Crippen molar-refractivity contribution in [2.24, 2.45) is 0 Å². The summed E-state index contributed by atoms with van der Waals surface area (Å²) >= 11 is 0. The van der Waals surface area contributed by atoms with E-state index in [2.05, 4.69) is 16.0 Å². The molecule has 6 saturated heterocycles. The van der Waals surface area contributed by atoms with Crippen LogP contribution >= 0.6 is 0 Å². The van der Waals surface area contributed by atoms with Crippen molar-refractivity contribution < 1.29 is 153 Å². The first-order valence-corrected chi connectivity index (χ1v) is 24.1. The Labute approximate surface area is 431 Å². The molecule has 0 aromatic rings. The molecule has 6 aliphatic heterocycles. The first kappa shape index (κ1) is 62.5. The molecule has 440 valence electrons. The van der Waals surface area contributed by atoms with E-state index in [0.29, 0.717) is 0 Å². The van der Waals surface area contributed by atoms with Crippen molar-refractivity contribution in [3.63, 3.8) is 0 Å². The van der Waals surface area contributed by atoms with Gasteiger partial charge in [0, 0.05) is 20.8 Å². The highest BCUT2D eigenvalue weighted by atomic mass is 16.8. The van der Waals surface area contributed by atoms with Crippen molar-refractivity contribution in [3.05, 3.63) is 0 Å². The Kier molecular flexibility index (Phi) is 22.3. The van der Waals surface area contributed by atoms with E-state index in [9.17, 15) is 101 Å². The van der Waals surface area contributed by atoms with E-state index in [1.807, 2.05) is 0 Å². The molecule has 0 bridgehead atoms. The minimum absolute atomic E-state index is 0.721. The van der Waals surface area contributed by atoms with Gasteiger partial charge in [-0.05, 0) is 0 Å². The summed E-state index contributed by atoms with van der Waals surface area (Å²) in [5.74, 6) is -2.33. The fourth-order valence-electron chi connectivity index (χ4n) is 9.60. The number of carbonyl (C=O) groups excluding carboxylic acids is 3. The van der Waals surface area contributed by atoms with Crippen molar-refractivity contribution in [3.8, 4) is 0 Å². The van der Waals surface area contributed by atoms with Gasteiger partial charge in [-0.15, -0.1) is 0 Å². The van der Waals surface area contributed by atoms with Gasteiger partial charge in [0.15, 0.2) is 37.7 Å². The Morgan fingerprint density at radius 3 is 1.24 bits per heavy atom. The Balaban J connectivity index is 1.30. The van der Waals surface area contributed by atoms with E-state index < -0.39 is 241 Å². The van der Waals surface area contributed by atoms with Gasteiger partial charge in [0.25, 0.3) is 0 Å². The molecule has 0 saturated carbocycles. The molecule has 0 aromatic heterocycles. The molecule has 34 heteroatoms. The first-order valence-electron chi connectivity index (χ1n) is 24.1. The highest BCUT2D eigenvalue weighted by Gasteiger charge is 2.57. The van der Waals surface area contributed by atoms with Gasteiger partial charge in [0.2, 0.25) is 17.7 Å². The minimum Gasteiger partial charge on any atom is -0.394 e. The zero-order valence-corrected chi connectivity index (χ0v) is 40.9. The summed E-state index contributed by atoms with van der Waals surface area (Å²) in [7, 11) is 0. The molecule has 6 fully saturated rings. The maximum absolute atomic E-state index is 12.6. The number of rotatable bonds is 19. The SMILES string of the molecule is CC(=O)N[C@@H]1[C@@H](O)[C@H](O[C@H]2O[C@H](CO)[C@@H](O[C@H]3O[C@H](CO[C@H]4O[C@H](CO)[C@@H](O)[C@H](O)[C@@H]4O[C@@H]4O[C@H](CO)[C@@H](O)[C@H](O)[C@H]4NC(C)=O)[C@@H](O)[C@H](O[C@H]4O[C@H](CO)[C@@H](O)[C@H](O)[C@@H]4O)[C@@H]3O)[C@H](O)[C@H]2NC(C)=O)[C@@H](CO)O[C@H]1O. The van der Waals surface area contributed by atoms with Gasteiger partial charge in [-0.2, -0.15) is 0 Å². The van der Waals surface area contributed by atoms with E-state index in [0.717, 1.165) is 20.8 Å². The molecule has 0 unspecified atom stereocenters. The third-order valence-corrected chi connectivity index (χ3v) is 13.6. The highest BCUT2D eigenvalue weighted by Crippen LogP contribution is 2.36. The largest absolute Gasteiger partial charge is 0.394 e. The molecule has 30 atom stereocenters. The lowest BCUT2D eigenvalue weighted by atomic mass is 9.94. The van der Waals surface area contributed by atoms with Crippen molar-refractivity contribution in [2.45, 2.75) is 205 Å². The van der Waals surface area contributed by atoms with Gasteiger partial charge in [-0.3, -0.25) is 14.4 Å². The molecule has 0 radical (unpaired) electrons. The molecule has 76 heavy (non-hydrogen) atoms. The lowest BCUT2D eigenvalue weighted by Crippen LogP contribution is -2.70. The van der Waals surface area contributed by atoms with Gasteiger partial charge in [-0.25, -0.2) is 0 Å². The number of aliphatic hydroxyl groups is 17. The second-order valence-corrected chi connectivity index (χ2v) is 19.0. The number of amides is 3. The standard InChI is InChI=1S/C42H71N3O31/c1-10(51)43-19-27(59)33(16(7-49)67-37(19)65)73-39-21(45-12(3)53)28(60)34(17(8-50)71-39)74-41-32(64)35(75-40-31(63)29(61)23(55)14(5-47)69-40)25(57)18(72-41)9-66-42-36(30(62)24(56)15(6-48)70-42)76-38-20(44-11(2)52)26(58)22(54)13(4-46)68-38/h13-42,46-50,54-65H,4-9H2,1-3H3,(H,43,51)(H,44,52)(H,45,53)/t13-,14-,15-,16-,17-,18-,19-,20-,21-,22-,23-,24-,25-,26-,27-,28-,29+,30+,31+,32+,33-,34-,35+,36+,37-,38+,39-,40-,41-,42+/m1/s1. The predicted octanol–water partition coefficient (Wildman–Crippen LogP) is -13.7. The number of ether oxygens (including phenoxy) is 11. The maximum atomic E-state index is 12.6. The second-order valence-electron chi connectivity index (χ2n) is 19.0. The average Bonchev–Trinajstić information content (AvgIpc) is 3.38. The van der Waals surface area contributed by atoms with E-state index >= 15 is 0 Å². The van der Waals surface area contributed by atoms with Crippen LogP contribution in [0.15, 0.2) is 0 Å². The van der Waals surface area contributed by atoms with Crippen LogP contribution in [-0.2, 0) is 66.5 Å². The molecule has 0 aromatic carbocycles. The number of hydrogen-bond acceptors (Lipinski definition) is 31. The van der Waals surface area contributed by atoms with E-state index in [1.165, 1.54) is 0 Å². The van der Waals surface area contributed by atoms with Crippen LogP contribution in [-0.4, -0.2) is 328 Å². The summed E-state index contributed by atoms with van der Waals surface area (Å²) in [6, 6.07) is -4.92. The highest BCUT2D eigenvalue weighted by molar-refractivity contribution is 5.74. The molecule has 0 aliphatic carbocycles. The predicted molar refractivity (Wildman–Crippen MR) is 234 cm³/mol. The fourth-order valence-corrected chi connectivity index (χ4v) is 9.60. The van der Waals surface area contributed by atoms with Crippen LogP contribution < -0.4 is 16.0 Å². The number of aliphatic hydroxyl groups excluding tert-OH is 17. The van der Waals surface area contributed by atoms with Crippen molar-refractivity contribution >= 4 is 17.7 Å². The van der Waals surface area contributed by atoms with Gasteiger partial charge in [0.05, 0.1) is 39.6 Å². The molecule has 6 rings (SSSR count). The van der Waals surface area contributed by atoms with Gasteiger partial charge < -0.3 is 155 Å². The van der Waals surface area contributed by atoms with Crippen LogP contribution in [0.25, 0.3) is 0 Å². The van der Waals surface area contributed by atoms with Gasteiger partial charge in [0.1, 0.15) is 146 Å². The summed E-state index contributed by atoms with van der Waals surface area (Å²) < 4.78 is 63.6. The lowest BCUT2D eigenvalue weighted by molar-refractivity contribution is -0.387. The molecule has 0 spiro atoms. The quantitative estimate of drug-likeness (QED) is 0.0571. The van der Waals surface area contributed by atoms with Crippen LogP contribution in [0.5, 0.6) is 0 Å². The Bertz CT molecular complexity index is 1870. The topological polar surface area (TPSA) is 533 Å². The number of carbonyl (C=O) groups is 3. The van der Waals surface area contributed by atoms with Crippen LogP contribution in [0.2, 0.25) is 0 Å². The first-order chi connectivity index (χ1) is 35.9. The molecule has 34 nitrogen and oxygen atoms in total. The molecule has 6 heterocycles. The van der Waals surface area contributed by atoms with Gasteiger partial charge >= 0.3 is 0 Å². The summed E-state index contributed by atoms with van der Waals surface area (Å²) in [6.45, 7) is -2.65. The van der Waals surface area contributed by atoms with Gasteiger partial charge in [-0.1, -0.05) is 0 Å². The molecule has 20 N–H and O–H groups in total. The Hall–Kier alpha value is -2.71. The van der Waals surface area contributed by atoms with Crippen LogP contribution in [0.1, 0.15) is 20.8 Å². The normalized spacial score (nSPS) is 48.2. The van der Waals surface area contributed by atoms with E-state index in [4.69, 9.17) is 52.1 Å². The zero-order valence-electron chi connectivity index (χ0n) is 40.9. The molecule has 3 amide bonds. The molecular formula is C42H71N3O31. The summed E-state index contributed by atoms with van der Waals surface area (Å²) in [4.78, 5) is 36.7. The third-order valence-electron chi connectivity index (χ3n) is 13.6. The van der Waals surface area contributed by atoms with Crippen molar-refractivity contribution in [1.82, 2.24) is 16.0 Å². The van der Waals surface area contributed by atoms with Crippen LogP contribution in [0.4, 0.5) is 0 Å². The third kappa shape index (κ3) is 13.7. The Morgan fingerprint density at radius 1 is 0.342 bits per heavy atom. The second kappa shape index (κ2) is 27.2. The molecular weight excluding hydrogens is 1040 g/mol. The van der Waals surface area contributed by atoms with Crippen molar-refractivity contribution in [1.29, 1.82) is 0 Å². The van der Waals surface area contributed by atoms with Crippen LogP contribution in [0, 0.1) is 0 Å². The average molecular weight is 1110 g/mol. The minimum atomic E-state index is -2.29. The van der Waals surface area contributed by atoms with E-state index in [-0.39, 0.29) is 0 Å². The fraction of sp³-hybridized carbons (Fsp3) is 0.929. The molecule has 6 aliphatic rings. The van der Waals surface area contributed by atoms with E-state index in [1.54, 1.807) is 0 Å². The monoisotopic (exact) mass is 1110 g/mol.